The van der Waals surface area contributed by atoms with Crippen molar-refractivity contribution in [3.63, 3.8) is 0 Å². The summed E-state index contributed by atoms with van der Waals surface area (Å²) in [5.41, 5.74) is 6.84. The highest BCUT2D eigenvalue weighted by atomic mass is 35.5. The Kier molecular flexibility index (Phi) is 3.01. The summed E-state index contributed by atoms with van der Waals surface area (Å²) in [6, 6.07) is 6.05. The van der Waals surface area contributed by atoms with Crippen molar-refractivity contribution in [3.05, 3.63) is 29.0 Å². The monoisotopic (exact) mass is 211 g/mol. The number of aromatic nitrogens is 1. The zero-order valence-electron chi connectivity index (χ0n) is 7.99. The Bertz CT molecular complexity index is 316. The number of halogens is 1. The lowest BCUT2D eigenvalue weighted by Crippen LogP contribution is -2.26. The lowest BCUT2D eigenvalue weighted by molar-refractivity contribution is 0.323. The van der Waals surface area contributed by atoms with E-state index in [0.29, 0.717) is 11.2 Å². The van der Waals surface area contributed by atoms with Crippen molar-refractivity contribution in [1.29, 1.82) is 0 Å². The molecule has 4 heteroatoms. The van der Waals surface area contributed by atoms with Crippen LogP contribution in [-0.2, 0) is 6.54 Å². The molecule has 14 heavy (non-hydrogen) atoms. The Labute approximate surface area is 88.9 Å². The van der Waals surface area contributed by atoms with E-state index in [-0.39, 0.29) is 0 Å². The first-order chi connectivity index (χ1) is 6.74. The summed E-state index contributed by atoms with van der Waals surface area (Å²) in [6.45, 7) is 2.89. The Morgan fingerprint density at radius 1 is 1.57 bits per heavy atom. The van der Waals surface area contributed by atoms with Gasteiger partial charge in [-0.2, -0.15) is 0 Å². The fraction of sp³-hybridized carbons (Fsp3) is 0.500. The van der Waals surface area contributed by atoms with E-state index in [2.05, 4.69) is 9.88 Å². The van der Waals surface area contributed by atoms with E-state index in [1.807, 2.05) is 12.1 Å². The quantitative estimate of drug-likeness (QED) is 0.750. The summed E-state index contributed by atoms with van der Waals surface area (Å²) in [7, 11) is 0. The third-order valence-corrected chi connectivity index (χ3v) is 2.68. The van der Waals surface area contributed by atoms with Crippen molar-refractivity contribution < 1.29 is 0 Å². The lowest BCUT2D eigenvalue weighted by atomic mass is 10.3. The van der Waals surface area contributed by atoms with Crippen LogP contribution in [0.1, 0.15) is 12.1 Å². The third-order valence-electron chi connectivity index (χ3n) is 2.47. The van der Waals surface area contributed by atoms with Gasteiger partial charge in [0.2, 0.25) is 0 Å². The van der Waals surface area contributed by atoms with Gasteiger partial charge in [-0.15, -0.1) is 0 Å². The average molecular weight is 212 g/mol. The number of nitrogens with two attached hydrogens (primary N) is 1. The van der Waals surface area contributed by atoms with Gasteiger partial charge in [0.1, 0.15) is 5.15 Å². The molecule has 2 N–H and O–H groups in total. The number of nitrogens with zero attached hydrogens (tertiary/aromatic N) is 2. The first-order valence-corrected chi connectivity index (χ1v) is 5.21. The van der Waals surface area contributed by atoms with Crippen LogP contribution in [0.25, 0.3) is 0 Å². The van der Waals surface area contributed by atoms with E-state index in [0.717, 1.165) is 31.7 Å². The maximum atomic E-state index is 5.82. The Morgan fingerprint density at radius 3 is 3.07 bits per heavy atom. The molecule has 0 amide bonds. The number of likely N-dealkylation sites (tertiary alicyclic amines) is 1. The van der Waals surface area contributed by atoms with Gasteiger partial charge in [0.25, 0.3) is 0 Å². The molecule has 1 saturated heterocycles. The van der Waals surface area contributed by atoms with Gasteiger partial charge >= 0.3 is 0 Å². The van der Waals surface area contributed by atoms with Crippen LogP contribution >= 0.6 is 11.6 Å². The minimum atomic E-state index is 0.328. The Balaban J connectivity index is 1.97. The molecule has 1 aromatic heterocycles. The minimum absolute atomic E-state index is 0.328. The van der Waals surface area contributed by atoms with Crippen LogP contribution < -0.4 is 5.73 Å². The highest BCUT2D eigenvalue weighted by Crippen LogP contribution is 2.12. The molecule has 1 fully saturated rings. The SMILES string of the molecule is N[C@@H]1CCN(Cc2cccc(Cl)n2)C1. The largest absolute Gasteiger partial charge is 0.326 e. The lowest BCUT2D eigenvalue weighted by Gasteiger charge is -2.14. The zero-order chi connectivity index (χ0) is 9.97. The second-order valence-corrected chi connectivity index (χ2v) is 4.12. The molecule has 0 bridgehead atoms. The highest BCUT2D eigenvalue weighted by Gasteiger charge is 2.19. The van der Waals surface area contributed by atoms with E-state index in [9.17, 15) is 0 Å². The summed E-state index contributed by atoms with van der Waals surface area (Å²) >= 11 is 5.80. The molecular formula is C10H14ClN3. The van der Waals surface area contributed by atoms with Gasteiger partial charge in [-0.05, 0) is 18.6 Å². The zero-order valence-corrected chi connectivity index (χ0v) is 8.74. The molecule has 3 nitrogen and oxygen atoms in total. The van der Waals surface area contributed by atoms with E-state index < -0.39 is 0 Å². The normalized spacial score (nSPS) is 22.9. The predicted octanol–water partition coefficient (Wildman–Crippen LogP) is 1.27. The molecule has 1 atom stereocenters. The summed E-state index contributed by atoms with van der Waals surface area (Å²) in [6.07, 6.45) is 1.08. The van der Waals surface area contributed by atoms with Gasteiger partial charge < -0.3 is 5.73 Å². The average Bonchev–Trinajstić information content (AvgIpc) is 2.51. The van der Waals surface area contributed by atoms with E-state index in [1.165, 1.54) is 0 Å². The third kappa shape index (κ3) is 2.44. The fourth-order valence-electron chi connectivity index (χ4n) is 1.77. The molecule has 0 radical (unpaired) electrons. The molecule has 2 heterocycles. The summed E-state index contributed by atoms with van der Waals surface area (Å²) < 4.78 is 0. The van der Waals surface area contributed by atoms with Crippen molar-refractivity contribution in [2.75, 3.05) is 13.1 Å². The van der Waals surface area contributed by atoms with Crippen LogP contribution in [0.15, 0.2) is 18.2 Å². The van der Waals surface area contributed by atoms with Crippen LogP contribution in [0.3, 0.4) is 0 Å². The van der Waals surface area contributed by atoms with Crippen LogP contribution in [0, 0.1) is 0 Å². The smallest absolute Gasteiger partial charge is 0.129 e. The number of pyridine rings is 1. The Hall–Kier alpha value is -0.640. The molecule has 0 aliphatic carbocycles. The van der Waals surface area contributed by atoms with Crippen molar-refractivity contribution in [2.45, 2.75) is 19.0 Å². The molecule has 76 valence electrons. The summed E-state index contributed by atoms with van der Waals surface area (Å²) in [5.74, 6) is 0. The van der Waals surface area contributed by atoms with Gasteiger partial charge in [0.05, 0.1) is 5.69 Å². The summed E-state index contributed by atoms with van der Waals surface area (Å²) in [4.78, 5) is 6.55. The highest BCUT2D eigenvalue weighted by molar-refractivity contribution is 6.29. The van der Waals surface area contributed by atoms with E-state index in [4.69, 9.17) is 17.3 Å². The standard InChI is InChI=1S/C10H14ClN3/c11-10-3-1-2-9(13-10)7-14-5-4-8(12)6-14/h1-3,8H,4-7,12H2/t8-/m1/s1. The number of rotatable bonds is 2. The molecular weight excluding hydrogens is 198 g/mol. The van der Waals surface area contributed by atoms with Crippen molar-refractivity contribution in [3.8, 4) is 0 Å². The first kappa shape index (κ1) is 9.90. The van der Waals surface area contributed by atoms with Crippen molar-refractivity contribution in [1.82, 2.24) is 9.88 Å². The van der Waals surface area contributed by atoms with Crippen LogP contribution in [-0.4, -0.2) is 29.0 Å². The van der Waals surface area contributed by atoms with E-state index >= 15 is 0 Å². The molecule has 0 saturated carbocycles. The van der Waals surface area contributed by atoms with Crippen LogP contribution in [0.4, 0.5) is 0 Å². The maximum Gasteiger partial charge on any atom is 0.129 e. The number of hydrogen-bond donors (Lipinski definition) is 1. The van der Waals surface area contributed by atoms with Gasteiger partial charge in [-0.25, -0.2) is 4.98 Å². The molecule has 0 unspecified atom stereocenters. The van der Waals surface area contributed by atoms with Gasteiger partial charge in [0, 0.05) is 25.7 Å². The fourth-order valence-corrected chi connectivity index (χ4v) is 1.95. The van der Waals surface area contributed by atoms with Crippen LogP contribution in [0.2, 0.25) is 5.15 Å². The van der Waals surface area contributed by atoms with Crippen molar-refractivity contribution in [2.24, 2.45) is 5.73 Å². The Morgan fingerprint density at radius 2 is 2.43 bits per heavy atom. The predicted molar refractivity (Wildman–Crippen MR) is 57.1 cm³/mol. The van der Waals surface area contributed by atoms with Gasteiger partial charge in [-0.1, -0.05) is 17.7 Å². The molecule has 1 aromatic rings. The van der Waals surface area contributed by atoms with Gasteiger partial charge in [-0.3, -0.25) is 4.90 Å². The second-order valence-electron chi connectivity index (χ2n) is 3.74. The van der Waals surface area contributed by atoms with Crippen molar-refractivity contribution >= 4 is 11.6 Å². The topological polar surface area (TPSA) is 42.1 Å². The molecule has 2 rings (SSSR count). The van der Waals surface area contributed by atoms with Crippen LogP contribution in [0.5, 0.6) is 0 Å². The molecule has 0 aromatic carbocycles. The number of hydrogen-bond acceptors (Lipinski definition) is 3. The summed E-state index contributed by atoms with van der Waals surface area (Å²) in [5, 5.41) is 0.561. The maximum absolute atomic E-state index is 5.82. The molecule has 1 aliphatic heterocycles. The molecule has 1 aliphatic rings. The first-order valence-electron chi connectivity index (χ1n) is 4.83. The van der Waals surface area contributed by atoms with Gasteiger partial charge in [0.15, 0.2) is 0 Å². The minimum Gasteiger partial charge on any atom is -0.326 e. The second kappa shape index (κ2) is 4.26. The molecule has 0 spiro atoms. The van der Waals surface area contributed by atoms with E-state index in [1.54, 1.807) is 6.07 Å².